The molecule has 2 aromatic rings. The number of halogens is 2. The predicted molar refractivity (Wildman–Crippen MR) is 94.0 cm³/mol. The van der Waals surface area contributed by atoms with Gasteiger partial charge in [-0.05, 0) is 35.7 Å². The zero-order valence-electron chi connectivity index (χ0n) is 12.3. The van der Waals surface area contributed by atoms with Crippen LogP contribution in [0.2, 0.25) is 10.0 Å². The molecule has 0 amide bonds. The molecule has 2 aromatic carbocycles. The Morgan fingerprint density at radius 2 is 1.57 bits per heavy atom. The van der Waals surface area contributed by atoms with Crippen molar-refractivity contribution in [3.63, 3.8) is 0 Å². The third-order valence-electron chi connectivity index (χ3n) is 3.27. The highest BCUT2D eigenvalue weighted by atomic mass is 35.5. The number of rotatable bonds is 6. The van der Waals surface area contributed by atoms with Gasteiger partial charge in [0.1, 0.15) is 0 Å². The van der Waals surface area contributed by atoms with E-state index in [0.29, 0.717) is 16.0 Å². The Balaban J connectivity index is 1.88. The number of anilines is 2. The maximum atomic E-state index is 6.12. The molecule has 0 saturated carbocycles. The van der Waals surface area contributed by atoms with Crippen LogP contribution in [0.25, 0.3) is 0 Å². The fraction of sp³-hybridized carbons (Fsp3) is 0.294. The fourth-order valence-corrected chi connectivity index (χ4v) is 2.66. The van der Waals surface area contributed by atoms with Crippen molar-refractivity contribution in [3.05, 3.63) is 58.1 Å². The van der Waals surface area contributed by atoms with E-state index in [1.807, 2.05) is 12.1 Å². The van der Waals surface area contributed by atoms with Gasteiger partial charge >= 0.3 is 0 Å². The SMILES string of the molecule is CC(C)c1ccccc1NCCNc1ccc(Cl)cc1Cl. The number of nitrogens with one attached hydrogen (secondary N) is 2. The second-order valence-corrected chi connectivity index (χ2v) is 6.06. The van der Waals surface area contributed by atoms with Crippen LogP contribution in [0.3, 0.4) is 0 Å². The number of hydrogen-bond acceptors (Lipinski definition) is 2. The van der Waals surface area contributed by atoms with Crippen LogP contribution in [0.15, 0.2) is 42.5 Å². The first kappa shape index (κ1) is 16.0. The molecule has 0 bridgehead atoms. The van der Waals surface area contributed by atoms with Crippen molar-refractivity contribution in [3.8, 4) is 0 Å². The van der Waals surface area contributed by atoms with Gasteiger partial charge < -0.3 is 10.6 Å². The van der Waals surface area contributed by atoms with Crippen LogP contribution in [0.5, 0.6) is 0 Å². The standard InChI is InChI=1S/C17H20Cl2N2/c1-12(2)14-5-3-4-6-16(14)20-9-10-21-17-8-7-13(18)11-15(17)19/h3-8,11-12,20-21H,9-10H2,1-2H3. The van der Waals surface area contributed by atoms with Gasteiger partial charge in [-0.3, -0.25) is 0 Å². The molecule has 112 valence electrons. The Kier molecular flexibility index (Phi) is 5.77. The topological polar surface area (TPSA) is 24.1 Å². The third-order valence-corrected chi connectivity index (χ3v) is 3.82. The zero-order chi connectivity index (χ0) is 15.2. The Morgan fingerprint density at radius 3 is 2.24 bits per heavy atom. The molecule has 21 heavy (non-hydrogen) atoms. The Bertz CT molecular complexity index is 597. The fourth-order valence-electron chi connectivity index (χ4n) is 2.19. The molecule has 0 unspecified atom stereocenters. The summed E-state index contributed by atoms with van der Waals surface area (Å²) < 4.78 is 0. The van der Waals surface area contributed by atoms with Crippen LogP contribution in [-0.4, -0.2) is 13.1 Å². The molecule has 0 heterocycles. The minimum atomic E-state index is 0.507. The van der Waals surface area contributed by atoms with Gasteiger partial charge in [0.2, 0.25) is 0 Å². The summed E-state index contributed by atoms with van der Waals surface area (Å²) in [6.45, 7) is 6.01. The Morgan fingerprint density at radius 1 is 0.905 bits per heavy atom. The normalized spacial score (nSPS) is 10.7. The largest absolute Gasteiger partial charge is 0.383 e. The average Bonchev–Trinajstić information content (AvgIpc) is 2.45. The van der Waals surface area contributed by atoms with Crippen LogP contribution in [0.1, 0.15) is 25.3 Å². The highest BCUT2D eigenvalue weighted by Crippen LogP contribution is 2.25. The van der Waals surface area contributed by atoms with E-state index >= 15 is 0 Å². The summed E-state index contributed by atoms with van der Waals surface area (Å²) in [6, 6.07) is 13.9. The monoisotopic (exact) mass is 322 g/mol. The molecule has 4 heteroatoms. The van der Waals surface area contributed by atoms with Crippen molar-refractivity contribution in [2.24, 2.45) is 0 Å². The molecule has 2 N–H and O–H groups in total. The van der Waals surface area contributed by atoms with Gasteiger partial charge in [0, 0.05) is 23.8 Å². The summed E-state index contributed by atoms with van der Waals surface area (Å²) in [5, 5.41) is 8.06. The van der Waals surface area contributed by atoms with E-state index in [4.69, 9.17) is 23.2 Å². The lowest BCUT2D eigenvalue weighted by Gasteiger charge is -2.15. The molecule has 0 radical (unpaired) electrons. The third kappa shape index (κ3) is 4.55. The molecule has 2 nitrogen and oxygen atoms in total. The van der Waals surface area contributed by atoms with E-state index in [-0.39, 0.29) is 0 Å². The van der Waals surface area contributed by atoms with Gasteiger partial charge in [0.15, 0.2) is 0 Å². The van der Waals surface area contributed by atoms with Crippen molar-refractivity contribution >= 4 is 34.6 Å². The van der Waals surface area contributed by atoms with E-state index in [1.54, 1.807) is 6.07 Å². The Hall–Kier alpha value is -1.38. The number of benzene rings is 2. The molecule has 0 atom stereocenters. The second kappa shape index (κ2) is 7.58. The van der Waals surface area contributed by atoms with Gasteiger partial charge in [-0.2, -0.15) is 0 Å². The molecular weight excluding hydrogens is 303 g/mol. The second-order valence-electron chi connectivity index (χ2n) is 5.22. The van der Waals surface area contributed by atoms with E-state index in [2.05, 4.69) is 48.7 Å². The maximum Gasteiger partial charge on any atom is 0.0652 e. The summed E-state index contributed by atoms with van der Waals surface area (Å²) >= 11 is 12.0. The lowest BCUT2D eigenvalue weighted by molar-refractivity contribution is 0.865. The first-order valence-electron chi connectivity index (χ1n) is 7.09. The van der Waals surface area contributed by atoms with Crippen molar-refractivity contribution < 1.29 is 0 Å². The number of hydrogen-bond donors (Lipinski definition) is 2. The first-order valence-corrected chi connectivity index (χ1v) is 7.85. The first-order chi connectivity index (χ1) is 10.1. The van der Waals surface area contributed by atoms with Crippen LogP contribution >= 0.6 is 23.2 Å². The number of para-hydroxylation sites is 1. The summed E-state index contributed by atoms with van der Waals surface area (Å²) in [4.78, 5) is 0. The summed E-state index contributed by atoms with van der Waals surface area (Å²) in [5.74, 6) is 0.507. The van der Waals surface area contributed by atoms with E-state index in [0.717, 1.165) is 18.8 Å². The van der Waals surface area contributed by atoms with E-state index in [1.165, 1.54) is 11.3 Å². The van der Waals surface area contributed by atoms with Crippen molar-refractivity contribution in [1.82, 2.24) is 0 Å². The van der Waals surface area contributed by atoms with Crippen molar-refractivity contribution in [2.75, 3.05) is 23.7 Å². The molecule has 0 spiro atoms. The summed E-state index contributed by atoms with van der Waals surface area (Å²) in [7, 11) is 0. The lowest BCUT2D eigenvalue weighted by Crippen LogP contribution is -2.14. The Labute approximate surface area is 136 Å². The zero-order valence-corrected chi connectivity index (χ0v) is 13.8. The highest BCUT2D eigenvalue weighted by Gasteiger charge is 2.05. The minimum absolute atomic E-state index is 0.507. The lowest BCUT2D eigenvalue weighted by atomic mass is 10.0. The molecule has 0 aliphatic rings. The van der Waals surface area contributed by atoms with Gasteiger partial charge in [-0.1, -0.05) is 55.2 Å². The summed E-state index contributed by atoms with van der Waals surface area (Å²) in [5.41, 5.74) is 3.43. The molecule has 0 aliphatic carbocycles. The predicted octanol–water partition coefficient (Wildman–Crippen LogP) is 5.64. The quantitative estimate of drug-likeness (QED) is 0.672. The van der Waals surface area contributed by atoms with Crippen molar-refractivity contribution in [2.45, 2.75) is 19.8 Å². The molecule has 2 rings (SSSR count). The van der Waals surface area contributed by atoms with Gasteiger partial charge in [-0.25, -0.2) is 0 Å². The maximum absolute atomic E-state index is 6.12. The molecular formula is C17H20Cl2N2. The average molecular weight is 323 g/mol. The highest BCUT2D eigenvalue weighted by molar-refractivity contribution is 6.36. The molecule has 0 saturated heterocycles. The van der Waals surface area contributed by atoms with Gasteiger partial charge in [0.25, 0.3) is 0 Å². The minimum Gasteiger partial charge on any atom is -0.383 e. The van der Waals surface area contributed by atoms with Gasteiger partial charge in [-0.15, -0.1) is 0 Å². The van der Waals surface area contributed by atoms with Crippen molar-refractivity contribution in [1.29, 1.82) is 0 Å². The van der Waals surface area contributed by atoms with Crippen LogP contribution in [-0.2, 0) is 0 Å². The summed E-state index contributed by atoms with van der Waals surface area (Å²) in [6.07, 6.45) is 0. The van der Waals surface area contributed by atoms with E-state index in [9.17, 15) is 0 Å². The van der Waals surface area contributed by atoms with E-state index < -0.39 is 0 Å². The van der Waals surface area contributed by atoms with Crippen LogP contribution in [0.4, 0.5) is 11.4 Å². The van der Waals surface area contributed by atoms with Gasteiger partial charge in [0.05, 0.1) is 10.7 Å². The molecule has 0 aliphatic heterocycles. The molecule has 0 aromatic heterocycles. The molecule has 0 fully saturated rings. The smallest absolute Gasteiger partial charge is 0.0652 e. The van der Waals surface area contributed by atoms with Crippen LogP contribution < -0.4 is 10.6 Å². The van der Waals surface area contributed by atoms with Crippen LogP contribution in [0, 0.1) is 0 Å².